The molecule has 0 radical (unpaired) electrons. The van der Waals surface area contributed by atoms with Crippen LogP contribution in [-0.2, 0) is 32.7 Å². The third kappa shape index (κ3) is 4.65. The highest BCUT2D eigenvalue weighted by Crippen LogP contribution is 2.33. The van der Waals surface area contributed by atoms with Gasteiger partial charge in [-0.05, 0) is 0 Å². The highest BCUT2D eigenvalue weighted by atomic mass is 32.2. The molecule has 0 bridgehead atoms. The minimum atomic E-state index is -5.65. The van der Waals surface area contributed by atoms with E-state index >= 15 is 0 Å². The van der Waals surface area contributed by atoms with Crippen molar-refractivity contribution in [3.8, 4) is 0 Å². The summed E-state index contributed by atoms with van der Waals surface area (Å²) in [6.45, 7) is 0. The zero-order chi connectivity index (χ0) is 13.1. The van der Waals surface area contributed by atoms with Crippen molar-refractivity contribution in [1.82, 2.24) is 0 Å². The molecule has 0 rings (SSSR count). The van der Waals surface area contributed by atoms with Gasteiger partial charge in [-0.1, -0.05) is 0 Å². The number of halogens is 4. The molecular weight excluding hydrogens is 307 g/mol. The summed E-state index contributed by atoms with van der Waals surface area (Å²) < 4.78 is 103. The van der Waals surface area contributed by atoms with Crippen molar-refractivity contribution in [2.75, 3.05) is 0 Å². The third-order valence-corrected chi connectivity index (χ3v) is 4.27. The Kier molecular flexibility index (Phi) is 5.19. The van der Waals surface area contributed by atoms with Gasteiger partial charge in [-0.2, -0.15) is 34.4 Å². The lowest BCUT2D eigenvalue weighted by molar-refractivity contribution is 0.212. The van der Waals surface area contributed by atoms with Gasteiger partial charge in [0, 0.05) is 12.5 Å². The summed E-state index contributed by atoms with van der Waals surface area (Å²) in [5.41, 5.74) is 0. The summed E-state index contributed by atoms with van der Waals surface area (Å²) >= 11 is 0. The molecule has 0 aromatic rings. The van der Waals surface area contributed by atoms with E-state index in [-0.39, 0.29) is 0 Å². The maximum Gasteiger partial charge on any atom is 0.732 e. The molecule has 0 spiro atoms. The lowest BCUT2D eigenvalue weighted by Gasteiger charge is -1.94. The van der Waals surface area contributed by atoms with Crippen molar-refractivity contribution in [3.63, 3.8) is 0 Å². The second kappa shape index (κ2) is 5.31. The summed E-state index contributed by atoms with van der Waals surface area (Å²) in [6.07, 6.45) is 0. The van der Waals surface area contributed by atoms with E-state index in [1.165, 1.54) is 0 Å². The number of hydrogen-bond acceptors (Lipinski definition) is 7. The van der Waals surface area contributed by atoms with E-state index in [1.807, 2.05) is 0 Å². The van der Waals surface area contributed by atoms with Crippen LogP contribution < -0.4 is 0 Å². The number of rotatable bonds is 6. The molecule has 0 saturated carbocycles. The Labute approximate surface area is 87.5 Å². The molecule has 0 N–H and O–H groups in total. The van der Waals surface area contributed by atoms with Gasteiger partial charge in [0.2, 0.25) is 0 Å². The first-order chi connectivity index (χ1) is 6.99. The van der Waals surface area contributed by atoms with Gasteiger partial charge >= 0.3 is 40.0 Å². The lowest BCUT2D eigenvalue weighted by Crippen LogP contribution is -2.15. The fourth-order valence-corrected chi connectivity index (χ4v) is 2.45. The minimum absolute atomic E-state index is 2.98. The van der Waals surface area contributed by atoms with Crippen molar-refractivity contribution in [1.29, 1.82) is 0 Å². The first-order valence-corrected chi connectivity index (χ1v) is 6.93. The van der Waals surface area contributed by atoms with E-state index in [0.29, 0.717) is 0 Å². The predicted molar refractivity (Wildman–Crippen MR) is 39.6 cm³/mol. The van der Waals surface area contributed by atoms with Crippen LogP contribution in [0, 0.1) is 0 Å². The average Bonchev–Trinajstić information content (AvgIpc) is 2.00. The van der Waals surface area contributed by atoms with Crippen LogP contribution in [0.3, 0.4) is 0 Å². The SMILES string of the molecule is O=[P+](OS(=O)(=O)C(F)F)OS(=O)(=O)C(F)F. The molecule has 7 nitrogen and oxygen atoms in total. The highest BCUT2D eigenvalue weighted by Gasteiger charge is 2.45. The Morgan fingerprint density at radius 3 is 1.25 bits per heavy atom. The van der Waals surface area contributed by atoms with Crippen LogP contribution in [0.1, 0.15) is 0 Å². The van der Waals surface area contributed by atoms with Crippen molar-refractivity contribution in [3.05, 3.63) is 0 Å². The summed E-state index contributed by atoms with van der Waals surface area (Å²) in [5, 5.41) is 0. The van der Waals surface area contributed by atoms with Crippen LogP contribution >= 0.6 is 8.25 Å². The molecule has 14 heteroatoms. The van der Waals surface area contributed by atoms with Crippen molar-refractivity contribution in [2.45, 2.75) is 11.5 Å². The Hall–Kier alpha value is -0.360. The minimum Gasteiger partial charge on any atom is -0.189 e. The van der Waals surface area contributed by atoms with E-state index in [9.17, 15) is 39.0 Å². The van der Waals surface area contributed by atoms with Crippen molar-refractivity contribution >= 4 is 28.5 Å². The summed E-state index contributed by atoms with van der Waals surface area (Å²) in [7, 11) is -15.5. The van der Waals surface area contributed by atoms with Crippen LogP contribution in [-0.4, -0.2) is 28.4 Å². The molecule has 0 saturated heterocycles. The van der Waals surface area contributed by atoms with Gasteiger partial charge in [0.05, 0.1) is 0 Å². The molecule has 0 aliphatic carbocycles. The molecule has 0 heterocycles. The zero-order valence-corrected chi connectivity index (χ0v) is 9.32. The molecule has 0 atom stereocenters. The summed E-state index contributed by atoms with van der Waals surface area (Å²) in [4.78, 5) is 0. The Bertz CT molecular complexity index is 411. The summed E-state index contributed by atoms with van der Waals surface area (Å²) in [6, 6.07) is 0. The van der Waals surface area contributed by atoms with Crippen LogP contribution in [0.4, 0.5) is 17.6 Å². The molecule has 0 aromatic heterocycles. The van der Waals surface area contributed by atoms with E-state index < -0.39 is 40.0 Å². The molecule has 0 aromatic carbocycles. The molecule has 16 heavy (non-hydrogen) atoms. The number of alkyl halides is 4. The highest BCUT2D eigenvalue weighted by molar-refractivity contribution is 7.93. The first-order valence-electron chi connectivity index (χ1n) is 2.89. The summed E-state index contributed by atoms with van der Waals surface area (Å²) in [5.74, 6) is -8.24. The Morgan fingerprint density at radius 1 is 0.812 bits per heavy atom. The topological polar surface area (TPSA) is 104 Å². The van der Waals surface area contributed by atoms with Crippen molar-refractivity contribution < 1.29 is 46.9 Å². The zero-order valence-electron chi connectivity index (χ0n) is 6.79. The monoisotopic (exact) mass is 309 g/mol. The standard InChI is InChI=1S/C2H2F4O7PS2/c3-1(4)15(8,9)12-14(7)13-16(10,11)2(5)6/h1-2H/q+1. The van der Waals surface area contributed by atoms with E-state index in [0.717, 1.165) is 0 Å². The second-order valence-corrected chi connectivity index (χ2v) is 6.20. The van der Waals surface area contributed by atoms with Gasteiger partial charge in [0.15, 0.2) is 0 Å². The number of hydrogen-bond donors (Lipinski definition) is 0. The fraction of sp³-hybridized carbons (Fsp3) is 1.00. The van der Waals surface area contributed by atoms with Gasteiger partial charge in [-0.15, -0.1) is 0 Å². The fourth-order valence-electron chi connectivity index (χ4n) is 0.247. The molecule has 0 aliphatic heterocycles. The van der Waals surface area contributed by atoms with Crippen LogP contribution in [0.5, 0.6) is 0 Å². The largest absolute Gasteiger partial charge is 0.732 e. The maximum absolute atomic E-state index is 11.6. The Balaban J connectivity index is 4.67. The van der Waals surface area contributed by atoms with Gasteiger partial charge in [-0.3, -0.25) is 0 Å². The third-order valence-electron chi connectivity index (χ3n) is 0.766. The lowest BCUT2D eigenvalue weighted by atomic mass is 11.7. The quantitative estimate of drug-likeness (QED) is 0.527. The smallest absolute Gasteiger partial charge is 0.189 e. The molecule has 0 amide bonds. The first kappa shape index (κ1) is 15.6. The van der Waals surface area contributed by atoms with Crippen molar-refractivity contribution in [2.24, 2.45) is 0 Å². The van der Waals surface area contributed by atoms with Crippen LogP contribution in [0.15, 0.2) is 0 Å². The van der Waals surface area contributed by atoms with Gasteiger partial charge < -0.3 is 0 Å². The molecule has 96 valence electrons. The normalized spacial score (nSPS) is 13.4. The van der Waals surface area contributed by atoms with Crippen LogP contribution in [0.2, 0.25) is 0 Å². The van der Waals surface area contributed by atoms with E-state index in [4.69, 9.17) is 0 Å². The average molecular weight is 309 g/mol. The van der Waals surface area contributed by atoms with Crippen LogP contribution in [0.25, 0.3) is 0 Å². The molecule has 0 unspecified atom stereocenters. The van der Waals surface area contributed by atoms with Gasteiger partial charge in [0.1, 0.15) is 0 Å². The van der Waals surface area contributed by atoms with E-state index in [1.54, 1.807) is 0 Å². The maximum atomic E-state index is 11.6. The van der Waals surface area contributed by atoms with E-state index in [2.05, 4.69) is 7.94 Å². The molecular formula is C2H2F4O7PS2+. The van der Waals surface area contributed by atoms with Gasteiger partial charge in [0.25, 0.3) is 0 Å². The Morgan fingerprint density at radius 2 is 1.06 bits per heavy atom. The predicted octanol–water partition coefficient (Wildman–Crippen LogP) is 0.782. The van der Waals surface area contributed by atoms with Gasteiger partial charge in [-0.25, -0.2) is 0 Å². The molecule has 0 fully saturated rings. The molecule has 0 aliphatic rings. The second-order valence-electron chi connectivity index (χ2n) is 1.88.